The van der Waals surface area contributed by atoms with Gasteiger partial charge in [-0.05, 0) is 48.2 Å². The summed E-state index contributed by atoms with van der Waals surface area (Å²) in [5.41, 5.74) is -0.602. The largest absolute Gasteiger partial charge is 0.477 e. The molecule has 47 heavy (non-hydrogen) atoms. The van der Waals surface area contributed by atoms with E-state index in [9.17, 15) is 34.5 Å². The van der Waals surface area contributed by atoms with Crippen molar-refractivity contribution >= 4 is 64.0 Å². The number of aliphatic carboxylic acids is 1. The third-order valence-electron chi connectivity index (χ3n) is 8.98. The van der Waals surface area contributed by atoms with Crippen LogP contribution in [0, 0.1) is 0 Å². The molecule has 3 amide bonds. The highest BCUT2D eigenvalue weighted by Crippen LogP contribution is 2.61. The van der Waals surface area contributed by atoms with Gasteiger partial charge in [0, 0.05) is 45.3 Å². The molecule has 0 bridgehead atoms. The second-order valence-corrected chi connectivity index (χ2v) is 27.9. The number of amides is 3. The van der Waals surface area contributed by atoms with E-state index in [4.69, 9.17) is 0 Å². The lowest BCUT2D eigenvalue weighted by molar-refractivity contribution is -0.154. The number of fused-ring (bicyclic) bond motifs is 1. The van der Waals surface area contributed by atoms with E-state index in [1.54, 1.807) is 48.5 Å². The van der Waals surface area contributed by atoms with Gasteiger partial charge in [-0.2, -0.15) is 0 Å². The van der Waals surface area contributed by atoms with E-state index in [-0.39, 0.29) is 30.9 Å². The summed E-state index contributed by atoms with van der Waals surface area (Å²) < 4.78 is 0. The number of β-lactam (4-membered cyclic amide) rings is 1. The van der Waals surface area contributed by atoms with Crippen LogP contribution in [-0.4, -0.2) is 65.9 Å². The molecule has 10 nitrogen and oxygen atoms in total. The summed E-state index contributed by atoms with van der Waals surface area (Å²) in [5, 5.41) is 40.5. The van der Waals surface area contributed by atoms with Gasteiger partial charge in [-0.1, -0.05) is 87.4 Å². The van der Waals surface area contributed by atoms with Crippen molar-refractivity contribution in [1.29, 1.82) is 0 Å². The number of nitrogens with one attached hydrogen (secondary N) is 2. The zero-order chi connectivity index (χ0) is 34.8. The van der Waals surface area contributed by atoms with E-state index in [0.29, 0.717) is 53.1 Å². The molecule has 5 N–H and O–H groups in total. The summed E-state index contributed by atoms with van der Waals surface area (Å²) in [6.07, 6.45) is 2.11. The van der Waals surface area contributed by atoms with Crippen molar-refractivity contribution in [2.75, 3.05) is 10.6 Å². The lowest BCUT2D eigenvalue weighted by atomic mass is 9.80. The molecule has 1 unspecified atom stereocenters. The maximum Gasteiger partial charge on any atom is 0.353 e. The molecule has 1 saturated heterocycles. The van der Waals surface area contributed by atoms with Crippen molar-refractivity contribution in [1.82, 2.24) is 4.90 Å². The first-order valence-electron chi connectivity index (χ1n) is 15.9. The molecule has 0 radical (unpaired) electrons. The van der Waals surface area contributed by atoms with Crippen molar-refractivity contribution in [3.8, 4) is 0 Å². The van der Waals surface area contributed by atoms with Gasteiger partial charge in [-0.3, -0.25) is 19.3 Å². The normalized spacial score (nSPS) is 20.5. The van der Waals surface area contributed by atoms with Gasteiger partial charge in [-0.15, -0.1) is 0 Å². The second-order valence-electron chi connectivity index (χ2n) is 15.2. The zero-order valence-electron chi connectivity index (χ0n) is 28.1. The maximum atomic E-state index is 13.2. The van der Waals surface area contributed by atoms with Gasteiger partial charge in [0.05, 0.1) is 17.6 Å². The van der Waals surface area contributed by atoms with Gasteiger partial charge in [0.1, 0.15) is 10.6 Å². The van der Waals surface area contributed by atoms with Crippen LogP contribution >= 0.6 is 11.8 Å². The fraction of sp³-hybridized carbons (Fsp3) is 0.471. The second kappa shape index (κ2) is 13.7. The summed E-state index contributed by atoms with van der Waals surface area (Å²) in [6.45, 7) is 13.3. The lowest BCUT2D eigenvalue weighted by Gasteiger charge is -2.50. The highest BCUT2D eigenvalue weighted by Gasteiger charge is 2.63. The van der Waals surface area contributed by atoms with Crippen LogP contribution in [0.2, 0.25) is 51.4 Å². The van der Waals surface area contributed by atoms with Gasteiger partial charge in [0.2, 0.25) is 18.7 Å². The van der Waals surface area contributed by atoms with Crippen LogP contribution in [0.5, 0.6) is 0 Å². The zero-order valence-corrected chi connectivity index (χ0v) is 30.9. The van der Waals surface area contributed by atoms with Gasteiger partial charge in [0.25, 0.3) is 0 Å². The molecule has 13 heteroatoms. The molecule has 0 aromatic heterocycles. The van der Waals surface area contributed by atoms with E-state index < -0.39 is 38.2 Å². The molecule has 4 rings (SSSR count). The molecule has 2 aliphatic rings. The number of thioether (sulfide) groups is 1. The quantitative estimate of drug-likeness (QED) is 0.0754. The van der Waals surface area contributed by atoms with Crippen LogP contribution in [0.4, 0.5) is 11.4 Å². The number of benzene rings is 2. The van der Waals surface area contributed by atoms with Gasteiger partial charge in [-0.25, -0.2) is 4.79 Å². The SMILES string of the molecule is C[Si](C)(C)CC[C@](O)(CC1=C(C(=O)O)N2C(=O)CC2(C[C@@](O)(CC[Si](C)(C)C)c2ccc(NC=O)cc2)S1)c1ccc(NC=O)cc1. The van der Waals surface area contributed by atoms with Crippen LogP contribution in [0.3, 0.4) is 0 Å². The Hall–Kier alpha value is -3.24. The number of anilines is 2. The monoisotopic (exact) mass is 697 g/mol. The van der Waals surface area contributed by atoms with Gasteiger partial charge >= 0.3 is 5.97 Å². The predicted octanol–water partition coefficient (Wildman–Crippen LogP) is 6.11. The Kier molecular flexibility index (Phi) is 10.7. The Morgan fingerprint density at radius 3 is 1.70 bits per heavy atom. The molecule has 0 saturated carbocycles. The van der Waals surface area contributed by atoms with E-state index in [2.05, 4.69) is 49.9 Å². The van der Waals surface area contributed by atoms with Crippen LogP contribution in [0.1, 0.15) is 43.2 Å². The van der Waals surface area contributed by atoms with Crippen LogP contribution in [0.15, 0.2) is 59.1 Å². The van der Waals surface area contributed by atoms with E-state index in [1.807, 2.05) is 0 Å². The highest BCUT2D eigenvalue weighted by atomic mass is 32.2. The summed E-state index contributed by atoms with van der Waals surface area (Å²) in [4.78, 5) is 48.7. The third kappa shape index (κ3) is 8.44. The van der Waals surface area contributed by atoms with E-state index >= 15 is 0 Å². The maximum absolute atomic E-state index is 13.2. The molecular formula is C34H47N3O7SSi2. The average molecular weight is 698 g/mol. The molecule has 2 aromatic carbocycles. The number of carboxylic acids is 1. The summed E-state index contributed by atoms with van der Waals surface area (Å²) in [7, 11) is -3.27. The van der Waals surface area contributed by atoms with Gasteiger partial charge < -0.3 is 26.0 Å². The fourth-order valence-electron chi connectivity index (χ4n) is 6.30. The number of hydrogen-bond acceptors (Lipinski definition) is 7. The number of carbonyl (C=O) groups excluding carboxylic acids is 3. The summed E-state index contributed by atoms with van der Waals surface area (Å²) >= 11 is 1.27. The van der Waals surface area contributed by atoms with Crippen molar-refractivity contribution < 1.29 is 34.5 Å². The number of aliphatic hydroxyl groups is 2. The number of rotatable bonds is 17. The van der Waals surface area contributed by atoms with Crippen molar-refractivity contribution in [2.45, 2.75) is 99.5 Å². The number of carboxylic acid groups (broad SMARTS) is 1. The molecular weight excluding hydrogens is 651 g/mol. The third-order valence-corrected chi connectivity index (χ3v) is 13.9. The molecule has 1 fully saturated rings. The minimum absolute atomic E-state index is 0.0187. The molecule has 3 atom stereocenters. The molecule has 0 aliphatic carbocycles. The first-order valence-corrected chi connectivity index (χ1v) is 24.1. The Labute approximate surface area is 283 Å². The first-order chi connectivity index (χ1) is 21.8. The minimum atomic E-state index is -1.64. The topological polar surface area (TPSA) is 156 Å². The molecule has 2 aliphatic heterocycles. The summed E-state index contributed by atoms with van der Waals surface area (Å²) in [5.74, 6) is -1.59. The first kappa shape index (κ1) is 36.6. The molecule has 2 aromatic rings. The van der Waals surface area contributed by atoms with Gasteiger partial charge in [0.15, 0.2) is 0 Å². The number of carbonyl (C=O) groups is 4. The Morgan fingerprint density at radius 1 is 0.851 bits per heavy atom. The Balaban J connectivity index is 1.74. The van der Waals surface area contributed by atoms with Crippen molar-refractivity contribution in [2.24, 2.45) is 0 Å². The number of nitrogens with zero attached hydrogens (tertiary/aromatic N) is 1. The standard InChI is InChI=1S/C34H47N3O7SSi2/c1-46(2,3)17-15-32(43,24-7-11-26(12-8-24)35-22-38)19-28-30(31(41)42)37-29(40)20-34(37,45-28)21-33(44,16-18-47(4,5)6)25-9-13-27(14-10-25)36-23-39/h7-14,22-23,43-44H,15-21H2,1-6H3,(H,35,38)(H,36,39)(H,41,42)/t32-,33-,34?/m0/s1. The van der Waals surface area contributed by atoms with Crippen LogP contribution in [-0.2, 0) is 30.4 Å². The average Bonchev–Trinajstić information content (AvgIpc) is 3.22. The summed E-state index contributed by atoms with van der Waals surface area (Å²) in [6, 6.07) is 15.4. The Bertz CT molecular complexity index is 1540. The van der Waals surface area contributed by atoms with E-state index in [1.165, 1.54) is 16.7 Å². The minimum Gasteiger partial charge on any atom is -0.477 e. The number of hydrogen-bond donors (Lipinski definition) is 5. The van der Waals surface area contributed by atoms with Crippen LogP contribution < -0.4 is 10.6 Å². The smallest absolute Gasteiger partial charge is 0.353 e. The predicted molar refractivity (Wildman–Crippen MR) is 191 cm³/mol. The lowest BCUT2D eigenvalue weighted by Crippen LogP contribution is -2.61. The molecule has 254 valence electrons. The molecule has 2 heterocycles. The fourth-order valence-corrected chi connectivity index (χ4v) is 10.5. The van der Waals surface area contributed by atoms with Crippen molar-refractivity contribution in [3.05, 3.63) is 70.3 Å². The molecule has 0 spiro atoms. The van der Waals surface area contributed by atoms with Crippen molar-refractivity contribution in [3.63, 3.8) is 0 Å². The Morgan fingerprint density at radius 2 is 1.30 bits per heavy atom. The van der Waals surface area contributed by atoms with E-state index in [0.717, 1.165) is 12.1 Å². The van der Waals surface area contributed by atoms with Crippen LogP contribution in [0.25, 0.3) is 0 Å². The highest BCUT2D eigenvalue weighted by molar-refractivity contribution is 8.04.